The summed E-state index contributed by atoms with van der Waals surface area (Å²) < 4.78 is 10.7. The van der Waals surface area contributed by atoms with Gasteiger partial charge in [0.25, 0.3) is 11.8 Å². The van der Waals surface area contributed by atoms with Gasteiger partial charge in [-0.05, 0) is 36.4 Å². The molecule has 0 atom stereocenters. The number of nitrogens with zero attached hydrogens (tertiary/aromatic N) is 1. The van der Waals surface area contributed by atoms with Gasteiger partial charge in [-0.2, -0.15) is 0 Å². The second-order valence-corrected chi connectivity index (χ2v) is 7.65. The van der Waals surface area contributed by atoms with Crippen LogP contribution in [-0.4, -0.2) is 42.3 Å². The predicted octanol–water partition coefficient (Wildman–Crippen LogP) is 2.86. The summed E-state index contributed by atoms with van der Waals surface area (Å²) in [4.78, 5) is 27.2. The van der Waals surface area contributed by atoms with Crippen LogP contribution >= 0.6 is 11.6 Å². The number of hydrogen-bond donors (Lipinski definition) is 2. The molecule has 2 amide bonds. The Bertz CT molecular complexity index is 985. The van der Waals surface area contributed by atoms with Crippen molar-refractivity contribution >= 4 is 29.1 Å². The zero-order valence-electron chi connectivity index (χ0n) is 15.0. The first-order valence-corrected chi connectivity index (χ1v) is 9.50. The van der Waals surface area contributed by atoms with Crippen LogP contribution in [0, 0.1) is 0 Å². The van der Waals surface area contributed by atoms with Crippen molar-refractivity contribution in [3.63, 3.8) is 0 Å². The molecule has 1 saturated heterocycles. The molecule has 2 aromatic rings. The number of ether oxygens (including phenoxy) is 2. The zero-order valence-corrected chi connectivity index (χ0v) is 15.7. The van der Waals surface area contributed by atoms with E-state index in [9.17, 15) is 9.59 Å². The average molecular weight is 400 g/mol. The van der Waals surface area contributed by atoms with Crippen molar-refractivity contribution in [3.05, 3.63) is 52.5 Å². The third kappa shape index (κ3) is 2.82. The standard InChI is InChI=1S/C20H18ClN3O4/c21-13-2-3-14-15(10-13)22-20(23-18(14)25)5-7-24(8-6-20)19(26)12-1-4-16-17(9-12)28-11-27-16/h1-4,9-10,22H,5-8,11H2,(H,23,25). The van der Waals surface area contributed by atoms with Crippen LogP contribution in [0.25, 0.3) is 0 Å². The minimum atomic E-state index is -0.569. The first kappa shape index (κ1) is 17.2. The summed E-state index contributed by atoms with van der Waals surface area (Å²) in [6.07, 6.45) is 1.20. The van der Waals surface area contributed by atoms with Gasteiger partial charge in [0.05, 0.1) is 11.3 Å². The largest absolute Gasteiger partial charge is 0.454 e. The summed E-state index contributed by atoms with van der Waals surface area (Å²) in [5.41, 5.74) is 1.30. The summed E-state index contributed by atoms with van der Waals surface area (Å²) in [7, 11) is 0. The van der Waals surface area contributed by atoms with Crippen molar-refractivity contribution in [2.24, 2.45) is 0 Å². The van der Waals surface area contributed by atoms with E-state index in [1.54, 1.807) is 41.3 Å². The quantitative estimate of drug-likeness (QED) is 0.770. The van der Waals surface area contributed by atoms with E-state index in [2.05, 4.69) is 10.6 Å². The van der Waals surface area contributed by atoms with Crippen LogP contribution in [0.15, 0.2) is 36.4 Å². The second-order valence-electron chi connectivity index (χ2n) is 7.21. The molecule has 0 unspecified atom stereocenters. The van der Waals surface area contributed by atoms with E-state index in [0.29, 0.717) is 53.6 Å². The molecular formula is C20H18ClN3O4. The molecule has 0 aliphatic carbocycles. The Labute approximate surface area is 166 Å². The van der Waals surface area contributed by atoms with Gasteiger partial charge in [0.1, 0.15) is 5.66 Å². The van der Waals surface area contributed by atoms with E-state index in [-0.39, 0.29) is 18.6 Å². The number of carbonyl (C=O) groups is 2. The van der Waals surface area contributed by atoms with E-state index < -0.39 is 5.66 Å². The lowest BCUT2D eigenvalue weighted by Gasteiger charge is -2.46. The first-order valence-electron chi connectivity index (χ1n) is 9.12. The minimum Gasteiger partial charge on any atom is -0.454 e. The number of carbonyl (C=O) groups excluding carboxylic acids is 2. The van der Waals surface area contributed by atoms with Gasteiger partial charge in [-0.1, -0.05) is 11.6 Å². The predicted molar refractivity (Wildman–Crippen MR) is 103 cm³/mol. The lowest BCUT2D eigenvalue weighted by molar-refractivity contribution is 0.0639. The normalized spacial score (nSPS) is 19.0. The fourth-order valence-electron chi connectivity index (χ4n) is 3.95. The Hall–Kier alpha value is -2.93. The number of nitrogens with one attached hydrogen (secondary N) is 2. The number of benzene rings is 2. The van der Waals surface area contributed by atoms with Crippen molar-refractivity contribution < 1.29 is 19.1 Å². The molecule has 0 aromatic heterocycles. The Morgan fingerprint density at radius 2 is 1.82 bits per heavy atom. The second kappa shape index (κ2) is 6.31. The van der Waals surface area contributed by atoms with Gasteiger partial charge < -0.3 is 25.0 Å². The van der Waals surface area contributed by atoms with Gasteiger partial charge in [-0.15, -0.1) is 0 Å². The molecule has 2 aromatic carbocycles. The highest BCUT2D eigenvalue weighted by atomic mass is 35.5. The maximum atomic E-state index is 12.9. The number of hydrogen-bond acceptors (Lipinski definition) is 5. The van der Waals surface area contributed by atoms with Gasteiger partial charge in [-0.25, -0.2) is 0 Å². The zero-order chi connectivity index (χ0) is 19.3. The molecule has 28 heavy (non-hydrogen) atoms. The van der Waals surface area contributed by atoms with Crippen molar-refractivity contribution in [2.75, 3.05) is 25.2 Å². The molecule has 3 aliphatic heterocycles. The molecule has 5 rings (SSSR count). The van der Waals surface area contributed by atoms with Crippen LogP contribution in [0.1, 0.15) is 33.6 Å². The molecule has 3 aliphatic rings. The Kier molecular flexibility index (Phi) is 3.87. The van der Waals surface area contributed by atoms with E-state index >= 15 is 0 Å². The molecule has 2 N–H and O–H groups in total. The number of amides is 2. The Morgan fingerprint density at radius 3 is 2.64 bits per heavy atom. The Morgan fingerprint density at radius 1 is 1.04 bits per heavy atom. The van der Waals surface area contributed by atoms with Gasteiger partial charge >= 0.3 is 0 Å². The van der Waals surface area contributed by atoms with Gasteiger partial charge in [0.15, 0.2) is 11.5 Å². The topological polar surface area (TPSA) is 79.9 Å². The number of likely N-dealkylation sites (tertiary alicyclic amines) is 1. The molecule has 0 radical (unpaired) electrons. The van der Waals surface area contributed by atoms with Crippen LogP contribution in [0.2, 0.25) is 5.02 Å². The lowest BCUT2D eigenvalue weighted by atomic mass is 9.92. The van der Waals surface area contributed by atoms with Crippen LogP contribution < -0.4 is 20.1 Å². The fourth-order valence-corrected chi connectivity index (χ4v) is 4.12. The van der Waals surface area contributed by atoms with Gasteiger partial charge in [0, 0.05) is 36.5 Å². The highest BCUT2D eigenvalue weighted by Crippen LogP contribution is 2.35. The highest BCUT2D eigenvalue weighted by Gasteiger charge is 2.41. The number of halogens is 1. The summed E-state index contributed by atoms with van der Waals surface area (Å²) in [6.45, 7) is 1.23. The molecule has 1 fully saturated rings. The van der Waals surface area contributed by atoms with Crippen LogP contribution in [-0.2, 0) is 0 Å². The minimum absolute atomic E-state index is 0.0567. The third-order valence-electron chi connectivity index (χ3n) is 5.48. The summed E-state index contributed by atoms with van der Waals surface area (Å²) in [5, 5.41) is 7.07. The van der Waals surface area contributed by atoms with Crippen molar-refractivity contribution in [1.82, 2.24) is 10.2 Å². The van der Waals surface area contributed by atoms with Crippen LogP contribution in [0.3, 0.4) is 0 Å². The molecule has 1 spiro atoms. The first-order chi connectivity index (χ1) is 13.5. The van der Waals surface area contributed by atoms with Crippen molar-refractivity contribution in [2.45, 2.75) is 18.5 Å². The fraction of sp³-hybridized carbons (Fsp3) is 0.300. The van der Waals surface area contributed by atoms with E-state index in [1.807, 2.05) is 0 Å². The molecular weight excluding hydrogens is 382 g/mol. The smallest absolute Gasteiger partial charge is 0.255 e. The Balaban J connectivity index is 1.31. The summed E-state index contributed by atoms with van der Waals surface area (Å²) in [5.74, 6) is 1.06. The monoisotopic (exact) mass is 399 g/mol. The molecule has 144 valence electrons. The lowest BCUT2D eigenvalue weighted by Crippen LogP contribution is -2.62. The maximum absolute atomic E-state index is 12.9. The number of fused-ring (bicyclic) bond motifs is 2. The molecule has 3 heterocycles. The summed E-state index contributed by atoms with van der Waals surface area (Å²) in [6, 6.07) is 10.4. The highest BCUT2D eigenvalue weighted by molar-refractivity contribution is 6.31. The SMILES string of the molecule is O=C1NC2(CCN(C(=O)c3ccc4c(c3)OCO4)CC2)Nc2cc(Cl)ccc21. The summed E-state index contributed by atoms with van der Waals surface area (Å²) >= 11 is 6.08. The third-order valence-corrected chi connectivity index (χ3v) is 5.71. The number of piperidine rings is 1. The van der Waals surface area contributed by atoms with E-state index in [0.717, 1.165) is 5.69 Å². The maximum Gasteiger partial charge on any atom is 0.255 e. The van der Waals surface area contributed by atoms with Crippen molar-refractivity contribution in [3.8, 4) is 11.5 Å². The number of anilines is 1. The number of rotatable bonds is 1. The van der Waals surface area contributed by atoms with Gasteiger partial charge in [0.2, 0.25) is 6.79 Å². The van der Waals surface area contributed by atoms with E-state index in [1.165, 1.54) is 0 Å². The molecule has 0 bridgehead atoms. The molecule has 8 heteroatoms. The average Bonchev–Trinajstić information content (AvgIpc) is 3.15. The van der Waals surface area contributed by atoms with Crippen LogP contribution in [0.5, 0.6) is 11.5 Å². The molecule has 0 saturated carbocycles. The van der Waals surface area contributed by atoms with Crippen LogP contribution in [0.4, 0.5) is 5.69 Å². The van der Waals surface area contributed by atoms with Gasteiger partial charge in [-0.3, -0.25) is 9.59 Å². The van der Waals surface area contributed by atoms with Crippen molar-refractivity contribution in [1.29, 1.82) is 0 Å². The van der Waals surface area contributed by atoms with E-state index in [4.69, 9.17) is 21.1 Å². The molecule has 7 nitrogen and oxygen atoms in total.